The predicted octanol–water partition coefficient (Wildman–Crippen LogP) is 2.86. The SMILES string of the molecule is Cc1ccc(C(=O)O)cc1NC(=O)[C@@H](C)Cc1c(C)nn(C)c1C. The first-order valence-electron chi connectivity index (χ1n) is 7.84. The van der Waals surface area contributed by atoms with Gasteiger partial charge in [-0.1, -0.05) is 13.0 Å². The van der Waals surface area contributed by atoms with E-state index in [9.17, 15) is 9.59 Å². The van der Waals surface area contributed by atoms with E-state index in [4.69, 9.17) is 5.11 Å². The maximum Gasteiger partial charge on any atom is 0.335 e. The zero-order valence-corrected chi connectivity index (χ0v) is 14.7. The first-order chi connectivity index (χ1) is 11.2. The second-order valence-electron chi connectivity index (χ2n) is 6.20. The van der Waals surface area contributed by atoms with Gasteiger partial charge in [0.15, 0.2) is 0 Å². The maximum atomic E-state index is 12.5. The van der Waals surface area contributed by atoms with Gasteiger partial charge in [0, 0.05) is 24.3 Å². The van der Waals surface area contributed by atoms with Crippen LogP contribution in [0.15, 0.2) is 18.2 Å². The molecule has 0 aliphatic rings. The molecule has 24 heavy (non-hydrogen) atoms. The fourth-order valence-electron chi connectivity index (χ4n) is 2.66. The van der Waals surface area contributed by atoms with E-state index in [1.807, 2.05) is 39.4 Å². The normalized spacial score (nSPS) is 12.0. The Bertz CT molecular complexity index is 793. The minimum Gasteiger partial charge on any atom is -0.478 e. The number of nitrogens with one attached hydrogen (secondary N) is 1. The molecule has 0 fully saturated rings. The highest BCUT2D eigenvalue weighted by molar-refractivity contribution is 5.95. The molecule has 1 aromatic heterocycles. The molecule has 1 heterocycles. The van der Waals surface area contributed by atoms with Crippen LogP contribution >= 0.6 is 0 Å². The Labute approximate surface area is 141 Å². The number of hydrogen-bond donors (Lipinski definition) is 2. The molecular formula is C18H23N3O3. The van der Waals surface area contributed by atoms with Crippen molar-refractivity contribution in [1.82, 2.24) is 9.78 Å². The van der Waals surface area contributed by atoms with E-state index in [2.05, 4.69) is 10.4 Å². The molecule has 0 radical (unpaired) electrons. The quantitative estimate of drug-likeness (QED) is 0.883. The van der Waals surface area contributed by atoms with Gasteiger partial charge in [0.1, 0.15) is 0 Å². The van der Waals surface area contributed by atoms with Gasteiger partial charge in [-0.15, -0.1) is 0 Å². The Morgan fingerprint density at radius 2 is 1.96 bits per heavy atom. The third kappa shape index (κ3) is 3.64. The molecule has 128 valence electrons. The summed E-state index contributed by atoms with van der Waals surface area (Å²) in [5, 5.41) is 16.3. The summed E-state index contributed by atoms with van der Waals surface area (Å²) in [5.74, 6) is -1.40. The summed E-state index contributed by atoms with van der Waals surface area (Å²) in [6.07, 6.45) is 0.592. The number of rotatable bonds is 5. The summed E-state index contributed by atoms with van der Waals surface area (Å²) >= 11 is 0. The minimum absolute atomic E-state index is 0.136. The highest BCUT2D eigenvalue weighted by Crippen LogP contribution is 2.21. The third-order valence-electron chi connectivity index (χ3n) is 4.36. The van der Waals surface area contributed by atoms with Crippen molar-refractivity contribution < 1.29 is 14.7 Å². The van der Waals surface area contributed by atoms with E-state index in [-0.39, 0.29) is 17.4 Å². The number of nitrogens with zero attached hydrogens (tertiary/aromatic N) is 2. The van der Waals surface area contributed by atoms with Crippen LogP contribution in [0.2, 0.25) is 0 Å². The van der Waals surface area contributed by atoms with Crippen LogP contribution < -0.4 is 5.32 Å². The number of aromatic carboxylic acids is 1. The number of carboxylic acids is 1. The molecule has 0 spiro atoms. The average molecular weight is 329 g/mol. The molecule has 1 aromatic carbocycles. The number of hydrogen-bond acceptors (Lipinski definition) is 3. The molecule has 6 nitrogen and oxygen atoms in total. The Balaban J connectivity index is 2.15. The Kier molecular flexibility index (Phi) is 5.07. The van der Waals surface area contributed by atoms with E-state index in [0.717, 1.165) is 22.5 Å². The Hall–Kier alpha value is -2.63. The van der Waals surface area contributed by atoms with Crippen LogP contribution in [0.5, 0.6) is 0 Å². The second-order valence-corrected chi connectivity index (χ2v) is 6.20. The number of anilines is 1. The largest absolute Gasteiger partial charge is 0.478 e. The molecule has 2 aromatic rings. The van der Waals surface area contributed by atoms with Crippen molar-refractivity contribution in [3.05, 3.63) is 46.3 Å². The van der Waals surface area contributed by atoms with E-state index in [1.54, 1.807) is 6.07 Å². The van der Waals surface area contributed by atoms with Crippen molar-refractivity contribution in [2.75, 3.05) is 5.32 Å². The number of carboxylic acid groups (broad SMARTS) is 1. The lowest BCUT2D eigenvalue weighted by Crippen LogP contribution is -2.23. The molecule has 1 atom stereocenters. The molecule has 0 aliphatic carbocycles. The molecule has 0 bridgehead atoms. The standard InChI is InChI=1S/C18H23N3O3/c1-10-6-7-14(18(23)24)9-16(10)19-17(22)11(2)8-15-12(3)20-21(5)13(15)4/h6-7,9,11H,8H2,1-5H3,(H,19,22)(H,23,24)/t11-/m0/s1. The van der Waals surface area contributed by atoms with Crippen molar-refractivity contribution >= 4 is 17.6 Å². The van der Waals surface area contributed by atoms with Crippen LogP contribution in [-0.2, 0) is 18.3 Å². The summed E-state index contributed by atoms with van der Waals surface area (Å²) < 4.78 is 1.82. The van der Waals surface area contributed by atoms with E-state index < -0.39 is 5.97 Å². The van der Waals surface area contributed by atoms with Crippen LogP contribution in [0.25, 0.3) is 0 Å². The summed E-state index contributed by atoms with van der Waals surface area (Å²) in [4.78, 5) is 23.6. The van der Waals surface area contributed by atoms with E-state index in [0.29, 0.717) is 12.1 Å². The monoisotopic (exact) mass is 329 g/mol. The zero-order chi connectivity index (χ0) is 18.0. The van der Waals surface area contributed by atoms with Crippen molar-refractivity contribution in [2.24, 2.45) is 13.0 Å². The predicted molar refractivity (Wildman–Crippen MR) is 92.3 cm³/mol. The molecule has 0 unspecified atom stereocenters. The van der Waals surface area contributed by atoms with Gasteiger partial charge in [0.25, 0.3) is 0 Å². The molecule has 0 saturated heterocycles. The summed E-state index contributed by atoms with van der Waals surface area (Å²) in [7, 11) is 1.89. The zero-order valence-electron chi connectivity index (χ0n) is 14.7. The number of carbonyl (C=O) groups is 2. The first-order valence-corrected chi connectivity index (χ1v) is 7.84. The van der Waals surface area contributed by atoms with Crippen molar-refractivity contribution in [3.63, 3.8) is 0 Å². The molecule has 2 rings (SSSR count). The van der Waals surface area contributed by atoms with Crippen LogP contribution in [-0.4, -0.2) is 26.8 Å². The Morgan fingerprint density at radius 3 is 2.50 bits per heavy atom. The highest BCUT2D eigenvalue weighted by Gasteiger charge is 2.19. The fraction of sp³-hybridized carbons (Fsp3) is 0.389. The summed E-state index contributed by atoms with van der Waals surface area (Å²) in [6, 6.07) is 4.71. The van der Waals surface area contributed by atoms with E-state index >= 15 is 0 Å². The summed E-state index contributed by atoms with van der Waals surface area (Å²) in [6.45, 7) is 7.62. The van der Waals surface area contributed by atoms with Gasteiger partial charge in [0.2, 0.25) is 5.91 Å². The van der Waals surface area contributed by atoms with Gasteiger partial charge in [-0.25, -0.2) is 4.79 Å². The van der Waals surface area contributed by atoms with Gasteiger partial charge >= 0.3 is 5.97 Å². The minimum atomic E-state index is -1.01. The van der Waals surface area contributed by atoms with Gasteiger partial charge in [0.05, 0.1) is 11.3 Å². The van der Waals surface area contributed by atoms with Gasteiger partial charge < -0.3 is 10.4 Å². The molecule has 2 N–H and O–H groups in total. The number of benzene rings is 1. The van der Waals surface area contributed by atoms with Crippen LogP contribution in [0.1, 0.15) is 39.8 Å². The lowest BCUT2D eigenvalue weighted by molar-refractivity contribution is -0.119. The summed E-state index contributed by atoms with van der Waals surface area (Å²) in [5.41, 5.74) is 4.58. The lowest BCUT2D eigenvalue weighted by atomic mass is 9.98. The van der Waals surface area contributed by atoms with Gasteiger partial charge in [-0.2, -0.15) is 5.10 Å². The van der Waals surface area contributed by atoms with Gasteiger partial charge in [-0.3, -0.25) is 9.48 Å². The van der Waals surface area contributed by atoms with E-state index in [1.165, 1.54) is 12.1 Å². The topological polar surface area (TPSA) is 84.2 Å². The van der Waals surface area contributed by atoms with Crippen molar-refractivity contribution in [1.29, 1.82) is 0 Å². The van der Waals surface area contributed by atoms with Crippen LogP contribution in [0.4, 0.5) is 5.69 Å². The molecule has 0 aliphatic heterocycles. The fourth-order valence-corrected chi connectivity index (χ4v) is 2.66. The van der Waals surface area contributed by atoms with Crippen molar-refractivity contribution in [3.8, 4) is 0 Å². The molecule has 0 saturated carbocycles. The van der Waals surface area contributed by atoms with Gasteiger partial charge in [-0.05, 0) is 50.5 Å². The number of amides is 1. The van der Waals surface area contributed by atoms with Crippen LogP contribution in [0.3, 0.4) is 0 Å². The highest BCUT2D eigenvalue weighted by atomic mass is 16.4. The maximum absolute atomic E-state index is 12.5. The number of aromatic nitrogens is 2. The number of aryl methyl sites for hydroxylation is 3. The molecular weight excluding hydrogens is 306 g/mol. The third-order valence-corrected chi connectivity index (χ3v) is 4.36. The lowest BCUT2D eigenvalue weighted by Gasteiger charge is -2.14. The van der Waals surface area contributed by atoms with Crippen LogP contribution in [0, 0.1) is 26.7 Å². The average Bonchev–Trinajstić information content (AvgIpc) is 2.75. The number of carbonyl (C=O) groups excluding carboxylic acids is 1. The second kappa shape index (κ2) is 6.86. The first kappa shape index (κ1) is 17.7. The molecule has 1 amide bonds. The van der Waals surface area contributed by atoms with Crippen molar-refractivity contribution in [2.45, 2.75) is 34.1 Å². The smallest absolute Gasteiger partial charge is 0.335 e. The molecule has 6 heteroatoms. The Morgan fingerprint density at radius 1 is 1.29 bits per heavy atom.